The SMILES string of the molecule is CC(C)N(C(=O)COC(=O)CN1C(=O)CSc2ccccc21)c1ccccc1. The molecule has 0 spiro atoms. The molecule has 0 aliphatic carbocycles. The third-order valence-electron chi connectivity index (χ3n) is 4.27. The van der Waals surface area contributed by atoms with E-state index >= 15 is 0 Å². The summed E-state index contributed by atoms with van der Waals surface area (Å²) in [6.07, 6.45) is 0. The third kappa shape index (κ3) is 4.54. The van der Waals surface area contributed by atoms with Gasteiger partial charge in [0, 0.05) is 16.6 Å². The third-order valence-corrected chi connectivity index (χ3v) is 5.32. The number of anilines is 2. The monoisotopic (exact) mass is 398 g/mol. The fourth-order valence-electron chi connectivity index (χ4n) is 3.03. The Balaban J connectivity index is 1.62. The molecule has 0 unspecified atom stereocenters. The zero-order valence-electron chi connectivity index (χ0n) is 15.8. The van der Waals surface area contributed by atoms with E-state index in [0.717, 1.165) is 10.6 Å². The Labute approximate surface area is 168 Å². The molecule has 3 rings (SSSR count). The summed E-state index contributed by atoms with van der Waals surface area (Å²) in [5.41, 5.74) is 1.44. The van der Waals surface area contributed by atoms with Crippen LogP contribution in [0.15, 0.2) is 59.5 Å². The Hall–Kier alpha value is -2.80. The summed E-state index contributed by atoms with van der Waals surface area (Å²) in [6.45, 7) is 3.21. The minimum absolute atomic E-state index is 0.0822. The summed E-state index contributed by atoms with van der Waals surface area (Å²) in [5, 5.41) is 0. The number of rotatable bonds is 6. The van der Waals surface area contributed by atoms with E-state index in [-0.39, 0.29) is 36.8 Å². The van der Waals surface area contributed by atoms with Crippen molar-refractivity contribution < 1.29 is 19.1 Å². The number of carbonyl (C=O) groups excluding carboxylic acids is 3. The average Bonchev–Trinajstić information content (AvgIpc) is 2.69. The van der Waals surface area contributed by atoms with Gasteiger partial charge in [0.05, 0.1) is 11.4 Å². The lowest BCUT2D eigenvalue weighted by Crippen LogP contribution is -2.42. The normalized spacial score (nSPS) is 13.2. The molecule has 1 aliphatic heterocycles. The summed E-state index contributed by atoms with van der Waals surface area (Å²) < 4.78 is 5.19. The van der Waals surface area contributed by atoms with E-state index in [4.69, 9.17) is 4.74 Å². The van der Waals surface area contributed by atoms with Crippen molar-refractivity contribution in [1.29, 1.82) is 0 Å². The highest BCUT2D eigenvalue weighted by Crippen LogP contribution is 2.34. The van der Waals surface area contributed by atoms with Crippen molar-refractivity contribution >= 4 is 40.9 Å². The molecule has 2 aromatic carbocycles. The summed E-state index contributed by atoms with van der Waals surface area (Å²) in [7, 11) is 0. The van der Waals surface area contributed by atoms with Crippen LogP contribution < -0.4 is 9.80 Å². The van der Waals surface area contributed by atoms with Gasteiger partial charge in [-0.3, -0.25) is 19.3 Å². The van der Waals surface area contributed by atoms with E-state index < -0.39 is 5.97 Å². The molecule has 1 aliphatic rings. The first-order valence-electron chi connectivity index (χ1n) is 9.02. The fourth-order valence-corrected chi connectivity index (χ4v) is 3.97. The summed E-state index contributed by atoms with van der Waals surface area (Å²) in [6, 6.07) is 16.6. The van der Waals surface area contributed by atoms with Gasteiger partial charge in [-0.15, -0.1) is 11.8 Å². The van der Waals surface area contributed by atoms with Crippen LogP contribution in [0.2, 0.25) is 0 Å². The van der Waals surface area contributed by atoms with Gasteiger partial charge in [0.25, 0.3) is 5.91 Å². The van der Waals surface area contributed by atoms with Crippen molar-refractivity contribution in [2.75, 3.05) is 28.7 Å². The zero-order chi connectivity index (χ0) is 20.1. The predicted molar refractivity (Wildman–Crippen MR) is 110 cm³/mol. The Morgan fingerprint density at radius 2 is 1.79 bits per heavy atom. The highest BCUT2D eigenvalue weighted by Gasteiger charge is 2.27. The maximum absolute atomic E-state index is 12.6. The van der Waals surface area contributed by atoms with Crippen LogP contribution in [-0.4, -0.2) is 42.7 Å². The Bertz CT molecular complexity index is 870. The first-order valence-corrected chi connectivity index (χ1v) is 10.0. The van der Waals surface area contributed by atoms with Crippen molar-refractivity contribution in [1.82, 2.24) is 0 Å². The minimum atomic E-state index is -0.611. The molecular weight excluding hydrogens is 376 g/mol. The Morgan fingerprint density at radius 1 is 1.11 bits per heavy atom. The molecule has 0 N–H and O–H groups in total. The molecular formula is C21H22N2O4S. The van der Waals surface area contributed by atoms with E-state index in [1.165, 1.54) is 16.7 Å². The number of ether oxygens (including phenoxy) is 1. The molecule has 0 saturated carbocycles. The average molecular weight is 398 g/mol. The number of nitrogens with zero attached hydrogens (tertiary/aromatic N) is 2. The highest BCUT2D eigenvalue weighted by molar-refractivity contribution is 8.00. The van der Waals surface area contributed by atoms with Gasteiger partial charge in [-0.2, -0.15) is 0 Å². The van der Waals surface area contributed by atoms with Crippen molar-refractivity contribution in [3.05, 3.63) is 54.6 Å². The van der Waals surface area contributed by atoms with Gasteiger partial charge < -0.3 is 9.64 Å². The first-order chi connectivity index (χ1) is 13.5. The van der Waals surface area contributed by atoms with Crippen LogP contribution >= 0.6 is 11.8 Å². The van der Waals surface area contributed by atoms with Crippen LogP contribution in [-0.2, 0) is 19.1 Å². The quantitative estimate of drug-likeness (QED) is 0.700. The molecule has 0 aromatic heterocycles. The van der Waals surface area contributed by atoms with E-state index in [1.54, 1.807) is 11.0 Å². The van der Waals surface area contributed by atoms with Gasteiger partial charge in [0.15, 0.2) is 6.61 Å². The van der Waals surface area contributed by atoms with Crippen molar-refractivity contribution in [2.24, 2.45) is 0 Å². The number of hydrogen-bond acceptors (Lipinski definition) is 5. The first kappa shape index (κ1) is 19.9. The number of thioether (sulfide) groups is 1. The van der Waals surface area contributed by atoms with Crippen LogP contribution in [0.25, 0.3) is 0 Å². The molecule has 7 heteroatoms. The molecule has 0 radical (unpaired) electrons. The molecule has 28 heavy (non-hydrogen) atoms. The molecule has 1 heterocycles. The van der Waals surface area contributed by atoms with E-state index in [9.17, 15) is 14.4 Å². The zero-order valence-corrected chi connectivity index (χ0v) is 16.6. The van der Waals surface area contributed by atoms with Gasteiger partial charge in [0.2, 0.25) is 5.91 Å². The van der Waals surface area contributed by atoms with Gasteiger partial charge >= 0.3 is 5.97 Å². The molecule has 2 amide bonds. The van der Waals surface area contributed by atoms with Crippen LogP contribution in [0.4, 0.5) is 11.4 Å². The van der Waals surface area contributed by atoms with E-state index in [2.05, 4.69) is 0 Å². The minimum Gasteiger partial charge on any atom is -0.454 e. The van der Waals surface area contributed by atoms with Crippen LogP contribution in [0.3, 0.4) is 0 Å². The van der Waals surface area contributed by atoms with Gasteiger partial charge in [-0.1, -0.05) is 30.3 Å². The van der Waals surface area contributed by atoms with Crippen molar-refractivity contribution in [2.45, 2.75) is 24.8 Å². The number of carbonyl (C=O) groups is 3. The molecule has 0 fully saturated rings. The van der Waals surface area contributed by atoms with Crippen molar-refractivity contribution in [3.8, 4) is 0 Å². The molecule has 0 atom stereocenters. The molecule has 146 valence electrons. The second-order valence-electron chi connectivity index (χ2n) is 6.59. The Morgan fingerprint density at radius 3 is 2.50 bits per heavy atom. The van der Waals surface area contributed by atoms with Gasteiger partial charge in [0.1, 0.15) is 6.54 Å². The summed E-state index contributed by atoms with van der Waals surface area (Å²) in [4.78, 5) is 41.1. The van der Waals surface area contributed by atoms with Crippen LogP contribution in [0, 0.1) is 0 Å². The number of para-hydroxylation sites is 2. The highest BCUT2D eigenvalue weighted by atomic mass is 32.2. The largest absolute Gasteiger partial charge is 0.454 e. The van der Waals surface area contributed by atoms with E-state index in [0.29, 0.717) is 5.69 Å². The maximum atomic E-state index is 12.6. The predicted octanol–water partition coefficient (Wildman–Crippen LogP) is 3.11. The smallest absolute Gasteiger partial charge is 0.326 e. The number of benzene rings is 2. The van der Waals surface area contributed by atoms with Crippen LogP contribution in [0.5, 0.6) is 0 Å². The number of amides is 2. The Kier molecular flexibility index (Phi) is 6.36. The molecule has 6 nitrogen and oxygen atoms in total. The van der Waals surface area contributed by atoms with Gasteiger partial charge in [-0.05, 0) is 38.1 Å². The van der Waals surface area contributed by atoms with Gasteiger partial charge in [-0.25, -0.2) is 0 Å². The lowest BCUT2D eigenvalue weighted by atomic mass is 10.2. The molecule has 0 bridgehead atoms. The number of fused-ring (bicyclic) bond motifs is 1. The number of hydrogen-bond donors (Lipinski definition) is 0. The summed E-state index contributed by atoms with van der Waals surface area (Å²) >= 11 is 1.45. The second-order valence-corrected chi connectivity index (χ2v) is 7.61. The van der Waals surface area contributed by atoms with Crippen LogP contribution in [0.1, 0.15) is 13.8 Å². The fraction of sp³-hybridized carbons (Fsp3) is 0.286. The molecule has 2 aromatic rings. The second kappa shape index (κ2) is 8.93. The standard InChI is InChI=1S/C21H22N2O4S/c1-15(2)23(16-8-4-3-5-9-16)19(24)13-27-21(26)12-22-17-10-6-7-11-18(17)28-14-20(22)25/h3-11,15H,12-14H2,1-2H3. The van der Waals surface area contributed by atoms with Crippen molar-refractivity contribution in [3.63, 3.8) is 0 Å². The maximum Gasteiger partial charge on any atom is 0.326 e. The number of esters is 1. The topological polar surface area (TPSA) is 66.9 Å². The lowest BCUT2D eigenvalue weighted by molar-refractivity contribution is -0.147. The lowest BCUT2D eigenvalue weighted by Gasteiger charge is -2.28. The molecule has 0 saturated heterocycles. The summed E-state index contributed by atoms with van der Waals surface area (Å²) in [5.74, 6) is -0.797. The van der Waals surface area contributed by atoms with E-state index in [1.807, 2.05) is 62.4 Å².